The van der Waals surface area contributed by atoms with E-state index in [-0.39, 0.29) is 35.2 Å². The topological polar surface area (TPSA) is 93.8 Å². The number of nitrogens with one attached hydrogen (secondary N) is 1. The Hall–Kier alpha value is -2.23. The highest BCUT2D eigenvalue weighted by atomic mass is 32.2. The fourth-order valence-electron chi connectivity index (χ4n) is 3.63. The highest BCUT2D eigenvalue weighted by Gasteiger charge is 2.53. The lowest BCUT2D eigenvalue weighted by molar-refractivity contribution is -0.385. The Bertz CT molecular complexity index is 843. The summed E-state index contributed by atoms with van der Waals surface area (Å²) in [6.07, 6.45) is -1.86. The van der Waals surface area contributed by atoms with Gasteiger partial charge in [0.25, 0.3) is 5.69 Å². The van der Waals surface area contributed by atoms with E-state index in [4.69, 9.17) is 4.74 Å². The zero-order valence-corrected chi connectivity index (χ0v) is 16.5. The van der Waals surface area contributed by atoms with Crippen LogP contribution in [0.3, 0.4) is 0 Å². The van der Waals surface area contributed by atoms with Crippen molar-refractivity contribution in [2.75, 3.05) is 5.75 Å². The molecule has 7 nitrogen and oxygen atoms in total. The second-order valence-electron chi connectivity index (χ2n) is 7.93. The number of non-ortho nitro benzene ring substituents is 1. The Morgan fingerprint density at radius 2 is 2.18 bits per heavy atom. The summed E-state index contributed by atoms with van der Waals surface area (Å²) < 4.78 is 34.2. The number of alkyl carbamates (subject to hydrolysis) is 1. The quantitative estimate of drug-likeness (QED) is 0.576. The Morgan fingerprint density at radius 3 is 2.82 bits per heavy atom. The van der Waals surface area contributed by atoms with E-state index in [0.717, 1.165) is 18.2 Å². The number of halogens is 2. The summed E-state index contributed by atoms with van der Waals surface area (Å²) >= 11 is 1.22. The predicted octanol–water partition coefficient (Wildman–Crippen LogP) is 4.30. The molecule has 1 aliphatic heterocycles. The molecule has 0 saturated heterocycles. The van der Waals surface area contributed by atoms with Crippen molar-refractivity contribution < 1.29 is 23.2 Å². The van der Waals surface area contributed by atoms with E-state index < -0.39 is 34.1 Å². The van der Waals surface area contributed by atoms with Gasteiger partial charge in [0.1, 0.15) is 17.6 Å². The Labute approximate surface area is 165 Å². The third-order valence-electron chi connectivity index (χ3n) is 4.71. The predicted molar refractivity (Wildman–Crippen MR) is 102 cm³/mol. The zero-order valence-electron chi connectivity index (χ0n) is 15.7. The summed E-state index contributed by atoms with van der Waals surface area (Å²) in [5.74, 6) is -0.623. The molecule has 28 heavy (non-hydrogen) atoms. The largest absolute Gasteiger partial charge is 0.444 e. The first kappa shape index (κ1) is 20.5. The molecule has 0 bridgehead atoms. The van der Waals surface area contributed by atoms with Crippen molar-refractivity contribution in [3.8, 4) is 0 Å². The number of fused-ring (bicyclic) bond motifs is 1. The molecule has 1 aromatic carbocycles. The van der Waals surface area contributed by atoms with Gasteiger partial charge in [-0.05, 0) is 33.3 Å². The second kappa shape index (κ2) is 7.31. The number of amidine groups is 1. The number of nitrogens with zero attached hydrogens (tertiary/aromatic N) is 2. The van der Waals surface area contributed by atoms with Gasteiger partial charge in [0.15, 0.2) is 5.17 Å². The van der Waals surface area contributed by atoms with Crippen molar-refractivity contribution in [3.63, 3.8) is 0 Å². The second-order valence-corrected chi connectivity index (χ2v) is 8.94. The Kier molecular flexibility index (Phi) is 5.35. The number of alkyl halides is 1. The number of nitro benzene ring substituents is 1. The molecule has 0 spiro atoms. The van der Waals surface area contributed by atoms with Crippen molar-refractivity contribution in [3.05, 3.63) is 39.7 Å². The highest BCUT2D eigenvalue weighted by molar-refractivity contribution is 8.13. The molecule has 1 aliphatic carbocycles. The van der Waals surface area contributed by atoms with E-state index >= 15 is 0 Å². The summed E-state index contributed by atoms with van der Waals surface area (Å²) in [6, 6.07) is 3.18. The first-order valence-electron chi connectivity index (χ1n) is 8.81. The minimum Gasteiger partial charge on any atom is -0.444 e. The molecule has 3 atom stereocenters. The number of aliphatic imine (C=N–C) groups is 1. The molecule has 2 aliphatic rings. The average molecular weight is 413 g/mol. The van der Waals surface area contributed by atoms with Crippen LogP contribution in [0.15, 0.2) is 23.2 Å². The van der Waals surface area contributed by atoms with Crippen LogP contribution in [0.25, 0.3) is 0 Å². The van der Waals surface area contributed by atoms with E-state index in [0.29, 0.717) is 5.75 Å². The van der Waals surface area contributed by atoms with Crippen LogP contribution in [0.5, 0.6) is 0 Å². The Morgan fingerprint density at radius 1 is 1.46 bits per heavy atom. The fourth-order valence-corrected chi connectivity index (χ4v) is 4.78. The summed E-state index contributed by atoms with van der Waals surface area (Å²) in [6.45, 7) is 5.13. The molecule has 0 unspecified atom stereocenters. The minimum absolute atomic E-state index is 0.0179. The zero-order chi connectivity index (χ0) is 20.7. The smallest absolute Gasteiger partial charge is 0.413 e. The molecule has 1 N–H and O–H groups in total. The number of hydrogen-bond acceptors (Lipinski definition) is 6. The first-order chi connectivity index (χ1) is 13.0. The van der Waals surface area contributed by atoms with Gasteiger partial charge in [0.05, 0.1) is 10.5 Å². The maximum atomic E-state index is 14.7. The van der Waals surface area contributed by atoms with E-state index in [1.165, 1.54) is 11.8 Å². The van der Waals surface area contributed by atoms with E-state index in [9.17, 15) is 23.7 Å². The number of amides is 1. The maximum absolute atomic E-state index is 14.7. The average Bonchev–Trinajstić information content (AvgIpc) is 2.89. The third kappa shape index (κ3) is 4.11. The van der Waals surface area contributed by atoms with Crippen molar-refractivity contribution in [1.29, 1.82) is 0 Å². The van der Waals surface area contributed by atoms with Crippen LogP contribution in [0.1, 0.15) is 39.2 Å². The number of hydrogen-bond donors (Lipinski definition) is 1. The van der Waals surface area contributed by atoms with Crippen molar-refractivity contribution >= 4 is 28.7 Å². The number of thioether (sulfide) groups is 1. The number of carbonyl (C=O) groups is 1. The summed E-state index contributed by atoms with van der Waals surface area (Å²) in [5, 5.41) is 13.9. The van der Waals surface area contributed by atoms with Crippen LogP contribution in [0.4, 0.5) is 19.3 Å². The van der Waals surface area contributed by atoms with Gasteiger partial charge in [0.2, 0.25) is 0 Å². The lowest BCUT2D eigenvalue weighted by atomic mass is 9.81. The summed E-state index contributed by atoms with van der Waals surface area (Å²) in [4.78, 5) is 27.1. The van der Waals surface area contributed by atoms with Gasteiger partial charge >= 0.3 is 6.09 Å². The van der Waals surface area contributed by atoms with E-state index in [1.54, 1.807) is 20.8 Å². The SMILES string of the molecule is CC(C)(C)OC(=O)NC1=N[C@@]2(c3cc([N+](=O)[O-])ccc3F)C[C@@H](F)C[C@H]2CS1. The highest BCUT2D eigenvalue weighted by Crippen LogP contribution is 2.52. The van der Waals surface area contributed by atoms with Gasteiger partial charge in [-0.2, -0.15) is 0 Å². The molecule has 10 heteroatoms. The van der Waals surface area contributed by atoms with Crippen molar-refractivity contribution in [2.24, 2.45) is 10.9 Å². The van der Waals surface area contributed by atoms with Crippen LogP contribution in [-0.4, -0.2) is 33.7 Å². The number of rotatable bonds is 2. The molecule has 1 fully saturated rings. The van der Waals surface area contributed by atoms with Crippen LogP contribution >= 0.6 is 11.8 Å². The lowest BCUT2D eigenvalue weighted by Gasteiger charge is -2.36. The van der Waals surface area contributed by atoms with Gasteiger partial charge in [-0.1, -0.05) is 11.8 Å². The summed E-state index contributed by atoms with van der Waals surface area (Å²) in [5.41, 5.74) is -2.32. The Balaban J connectivity index is 2.01. The van der Waals surface area contributed by atoms with Gasteiger partial charge in [-0.15, -0.1) is 0 Å². The number of benzene rings is 1. The first-order valence-corrected chi connectivity index (χ1v) is 9.80. The van der Waals surface area contributed by atoms with Crippen molar-refractivity contribution in [1.82, 2.24) is 5.32 Å². The van der Waals surface area contributed by atoms with E-state index in [2.05, 4.69) is 10.3 Å². The standard InChI is InChI=1S/C18H21F2N3O4S/c1-17(2,3)27-16(24)21-15-22-18(8-11(19)6-10(18)9-28-15)13-7-12(23(25)26)4-5-14(13)20/h4-5,7,10-11H,6,8-9H2,1-3H3,(H,21,22,24)/t10-,11-,18-/m0/s1. The fraction of sp³-hybridized carbons (Fsp3) is 0.556. The summed E-state index contributed by atoms with van der Waals surface area (Å²) in [7, 11) is 0. The van der Waals surface area contributed by atoms with Crippen LogP contribution in [0, 0.1) is 21.8 Å². The lowest BCUT2D eigenvalue weighted by Crippen LogP contribution is -2.42. The van der Waals surface area contributed by atoms with Crippen LogP contribution in [0.2, 0.25) is 0 Å². The number of carbonyl (C=O) groups excluding carboxylic acids is 1. The van der Waals surface area contributed by atoms with E-state index in [1.807, 2.05) is 0 Å². The van der Waals surface area contributed by atoms with Gasteiger partial charge in [-0.25, -0.2) is 13.6 Å². The number of nitro groups is 1. The molecular formula is C18H21F2N3O4S. The van der Waals surface area contributed by atoms with Gasteiger partial charge < -0.3 is 4.74 Å². The van der Waals surface area contributed by atoms with Gasteiger partial charge in [0, 0.05) is 35.8 Å². The van der Waals surface area contributed by atoms with Gasteiger partial charge in [-0.3, -0.25) is 20.4 Å². The molecular weight excluding hydrogens is 392 g/mol. The van der Waals surface area contributed by atoms with Crippen molar-refractivity contribution in [2.45, 2.75) is 50.9 Å². The molecule has 1 amide bonds. The normalized spacial score (nSPS) is 27.0. The van der Waals surface area contributed by atoms with Crippen LogP contribution in [-0.2, 0) is 10.3 Å². The third-order valence-corrected chi connectivity index (χ3v) is 5.74. The maximum Gasteiger partial charge on any atom is 0.413 e. The monoisotopic (exact) mass is 413 g/mol. The molecule has 1 aromatic rings. The molecule has 152 valence electrons. The molecule has 3 rings (SSSR count). The number of ether oxygens (including phenoxy) is 1. The molecule has 1 saturated carbocycles. The minimum atomic E-state index is -1.30. The molecule has 1 heterocycles. The molecule has 0 aromatic heterocycles. The molecule has 0 radical (unpaired) electrons. The van der Waals surface area contributed by atoms with Crippen LogP contribution < -0.4 is 5.32 Å².